The Bertz CT molecular complexity index is 752. The molecule has 0 amide bonds. The molecule has 19 heavy (non-hydrogen) atoms. The van der Waals surface area contributed by atoms with Gasteiger partial charge in [0.25, 0.3) is 0 Å². The smallest absolute Gasteiger partial charge is 0.178 e. The summed E-state index contributed by atoms with van der Waals surface area (Å²) < 4.78 is 8.34. The number of hydrogen-bond donors (Lipinski definition) is 1. The summed E-state index contributed by atoms with van der Waals surface area (Å²) in [6.45, 7) is 4.24. The second-order valence-electron chi connectivity index (χ2n) is 4.95. The molecular weight excluding hydrogens is 256 g/mol. The Labute approximate surface area is 116 Å². The Hall–Kier alpha value is -1.81. The fourth-order valence-corrected chi connectivity index (χ4v) is 2.88. The lowest BCUT2D eigenvalue weighted by atomic mass is 10.1. The van der Waals surface area contributed by atoms with E-state index in [2.05, 4.69) is 41.6 Å². The second kappa shape index (κ2) is 4.70. The van der Waals surface area contributed by atoms with E-state index < -0.39 is 0 Å². The van der Waals surface area contributed by atoms with E-state index in [-0.39, 0.29) is 6.04 Å². The third kappa shape index (κ3) is 2.24. The highest BCUT2D eigenvalue weighted by atomic mass is 32.1. The maximum atomic E-state index is 5.44. The number of aryl methyl sites for hydroxylation is 1. The van der Waals surface area contributed by atoms with Gasteiger partial charge in [-0.1, -0.05) is 6.07 Å². The normalized spacial score (nSPS) is 12.9. The van der Waals surface area contributed by atoms with Crippen molar-refractivity contribution in [3.05, 3.63) is 52.7 Å². The van der Waals surface area contributed by atoms with Gasteiger partial charge in [-0.3, -0.25) is 0 Å². The van der Waals surface area contributed by atoms with Crippen LogP contribution in [-0.2, 0) is 6.42 Å². The standard InChI is InChI=1S/C15H16N2OS/c1-10-5-6-14-13(8-10)16-15(19)17(14)11(2)9-12-4-3-7-18-12/h3-8,11H,9H2,1-2H3,(H,16,19). The fourth-order valence-electron chi connectivity index (χ4n) is 2.49. The highest BCUT2D eigenvalue weighted by Gasteiger charge is 2.13. The van der Waals surface area contributed by atoms with Crippen LogP contribution in [0.15, 0.2) is 41.0 Å². The van der Waals surface area contributed by atoms with Gasteiger partial charge in [-0.25, -0.2) is 0 Å². The number of hydrogen-bond acceptors (Lipinski definition) is 2. The number of rotatable bonds is 3. The first kappa shape index (κ1) is 12.2. The summed E-state index contributed by atoms with van der Waals surface area (Å²) in [6.07, 6.45) is 2.54. The summed E-state index contributed by atoms with van der Waals surface area (Å²) >= 11 is 5.44. The second-order valence-corrected chi connectivity index (χ2v) is 5.34. The van der Waals surface area contributed by atoms with E-state index in [0.29, 0.717) is 0 Å². The topological polar surface area (TPSA) is 33.9 Å². The van der Waals surface area contributed by atoms with Crippen LogP contribution in [0.3, 0.4) is 0 Å². The van der Waals surface area contributed by atoms with E-state index in [1.54, 1.807) is 6.26 Å². The van der Waals surface area contributed by atoms with Crippen LogP contribution in [0, 0.1) is 11.7 Å². The highest BCUT2D eigenvalue weighted by Crippen LogP contribution is 2.22. The number of aromatic amines is 1. The van der Waals surface area contributed by atoms with Gasteiger partial charge in [0, 0.05) is 12.5 Å². The van der Waals surface area contributed by atoms with Crippen molar-refractivity contribution < 1.29 is 4.42 Å². The fraction of sp³-hybridized carbons (Fsp3) is 0.267. The predicted octanol–water partition coefficient (Wildman–Crippen LogP) is 4.40. The van der Waals surface area contributed by atoms with Crippen molar-refractivity contribution in [3.63, 3.8) is 0 Å². The molecule has 4 heteroatoms. The molecule has 1 unspecified atom stereocenters. The van der Waals surface area contributed by atoms with Gasteiger partial charge >= 0.3 is 0 Å². The van der Waals surface area contributed by atoms with E-state index in [1.165, 1.54) is 5.56 Å². The minimum Gasteiger partial charge on any atom is -0.469 e. The van der Waals surface area contributed by atoms with Gasteiger partial charge in [-0.15, -0.1) is 0 Å². The molecule has 0 saturated heterocycles. The molecule has 0 spiro atoms. The Morgan fingerprint density at radius 2 is 2.21 bits per heavy atom. The van der Waals surface area contributed by atoms with E-state index in [9.17, 15) is 0 Å². The predicted molar refractivity (Wildman–Crippen MR) is 79.0 cm³/mol. The van der Waals surface area contributed by atoms with Gasteiger partial charge in [0.2, 0.25) is 0 Å². The first-order valence-electron chi connectivity index (χ1n) is 6.38. The summed E-state index contributed by atoms with van der Waals surface area (Å²) in [4.78, 5) is 3.28. The molecule has 0 aliphatic rings. The molecule has 0 radical (unpaired) electrons. The molecule has 0 fully saturated rings. The molecule has 3 rings (SSSR count). The number of imidazole rings is 1. The lowest BCUT2D eigenvalue weighted by molar-refractivity contribution is 0.452. The Morgan fingerprint density at radius 3 is 2.95 bits per heavy atom. The van der Waals surface area contributed by atoms with Gasteiger partial charge in [-0.2, -0.15) is 0 Å². The SMILES string of the molecule is Cc1ccc2c(c1)[nH]c(=S)n2C(C)Cc1ccco1. The quantitative estimate of drug-likeness (QED) is 0.717. The van der Waals surface area contributed by atoms with Crippen molar-refractivity contribution in [3.8, 4) is 0 Å². The molecule has 2 aromatic heterocycles. The third-order valence-electron chi connectivity index (χ3n) is 3.39. The average Bonchev–Trinajstić information content (AvgIpc) is 2.95. The van der Waals surface area contributed by atoms with Crippen LogP contribution >= 0.6 is 12.2 Å². The summed E-state index contributed by atoms with van der Waals surface area (Å²) in [6, 6.07) is 10.5. The van der Waals surface area contributed by atoms with Crippen LogP contribution in [0.2, 0.25) is 0 Å². The maximum absolute atomic E-state index is 5.44. The summed E-state index contributed by atoms with van der Waals surface area (Å²) in [5.41, 5.74) is 3.47. The van der Waals surface area contributed by atoms with Crippen LogP contribution in [0.1, 0.15) is 24.3 Å². The van der Waals surface area contributed by atoms with Crippen molar-refractivity contribution in [2.24, 2.45) is 0 Å². The third-order valence-corrected chi connectivity index (χ3v) is 3.69. The molecule has 1 atom stereocenters. The number of fused-ring (bicyclic) bond motifs is 1. The number of aromatic nitrogens is 2. The minimum atomic E-state index is 0.259. The zero-order valence-corrected chi connectivity index (χ0v) is 11.8. The lowest BCUT2D eigenvalue weighted by Crippen LogP contribution is -2.07. The lowest BCUT2D eigenvalue weighted by Gasteiger charge is -2.13. The van der Waals surface area contributed by atoms with Crippen LogP contribution < -0.4 is 0 Å². The largest absolute Gasteiger partial charge is 0.469 e. The zero-order valence-electron chi connectivity index (χ0n) is 11.0. The van der Waals surface area contributed by atoms with E-state index >= 15 is 0 Å². The molecule has 1 N–H and O–H groups in total. The number of furan rings is 1. The van der Waals surface area contributed by atoms with E-state index in [4.69, 9.17) is 16.6 Å². The van der Waals surface area contributed by atoms with Crippen molar-refractivity contribution in [2.75, 3.05) is 0 Å². The molecule has 0 aliphatic heterocycles. The first-order chi connectivity index (χ1) is 9.15. The molecule has 3 aromatic rings. The molecule has 3 nitrogen and oxygen atoms in total. The van der Waals surface area contributed by atoms with Crippen molar-refractivity contribution in [2.45, 2.75) is 26.3 Å². The first-order valence-corrected chi connectivity index (χ1v) is 6.79. The number of nitrogens with zero attached hydrogens (tertiary/aromatic N) is 1. The molecule has 1 aromatic carbocycles. The summed E-state index contributed by atoms with van der Waals surface area (Å²) in [7, 11) is 0. The van der Waals surface area contributed by atoms with E-state index in [1.807, 2.05) is 12.1 Å². The van der Waals surface area contributed by atoms with Crippen LogP contribution in [-0.4, -0.2) is 9.55 Å². The summed E-state index contributed by atoms with van der Waals surface area (Å²) in [5.74, 6) is 0.982. The Kier molecular flexibility index (Phi) is 3.03. The van der Waals surface area contributed by atoms with Gasteiger partial charge in [0.1, 0.15) is 5.76 Å². The molecule has 0 bridgehead atoms. The Morgan fingerprint density at radius 1 is 1.37 bits per heavy atom. The average molecular weight is 272 g/mol. The van der Waals surface area contributed by atoms with Gasteiger partial charge in [0.05, 0.1) is 17.3 Å². The number of benzene rings is 1. The molecule has 0 saturated carbocycles. The van der Waals surface area contributed by atoms with Gasteiger partial charge in [0.15, 0.2) is 4.77 Å². The van der Waals surface area contributed by atoms with Crippen LogP contribution in [0.5, 0.6) is 0 Å². The maximum Gasteiger partial charge on any atom is 0.178 e. The molecule has 0 aliphatic carbocycles. The molecule has 98 valence electrons. The Balaban J connectivity index is 2.04. The minimum absolute atomic E-state index is 0.259. The van der Waals surface area contributed by atoms with Crippen LogP contribution in [0.25, 0.3) is 11.0 Å². The van der Waals surface area contributed by atoms with Crippen LogP contribution in [0.4, 0.5) is 0 Å². The zero-order chi connectivity index (χ0) is 13.4. The van der Waals surface area contributed by atoms with Gasteiger partial charge < -0.3 is 14.0 Å². The molecular formula is C15H16N2OS. The number of H-pyrrole nitrogens is 1. The highest BCUT2D eigenvalue weighted by molar-refractivity contribution is 7.71. The summed E-state index contributed by atoms with van der Waals surface area (Å²) in [5, 5.41) is 0. The van der Waals surface area contributed by atoms with Crippen molar-refractivity contribution in [1.29, 1.82) is 0 Å². The molecule has 2 heterocycles. The monoisotopic (exact) mass is 272 g/mol. The van der Waals surface area contributed by atoms with E-state index in [0.717, 1.165) is 28.0 Å². The van der Waals surface area contributed by atoms with Crippen molar-refractivity contribution >= 4 is 23.3 Å². The van der Waals surface area contributed by atoms with Gasteiger partial charge in [-0.05, 0) is 55.9 Å². The number of nitrogens with one attached hydrogen (secondary N) is 1. The van der Waals surface area contributed by atoms with Crippen molar-refractivity contribution in [1.82, 2.24) is 9.55 Å².